The molecule has 1 unspecified atom stereocenters. The summed E-state index contributed by atoms with van der Waals surface area (Å²) in [5, 5.41) is 19.1. The van der Waals surface area contributed by atoms with Crippen LogP contribution in [0, 0.1) is 0 Å². The largest absolute Gasteiger partial charge is 0.396 e. The Labute approximate surface area is 173 Å². The fourth-order valence-electron chi connectivity index (χ4n) is 2.52. The first kappa shape index (κ1) is 22.7. The van der Waals surface area contributed by atoms with E-state index in [1.807, 2.05) is 37.3 Å². The number of hydrogen-bond donors (Lipinski definition) is 4. The van der Waals surface area contributed by atoms with Crippen molar-refractivity contribution in [3.8, 4) is 0 Å². The van der Waals surface area contributed by atoms with Crippen LogP contribution in [-0.4, -0.2) is 49.3 Å². The lowest BCUT2D eigenvalue weighted by Crippen LogP contribution is -2.38. The van der Waals surface area contributed by atoms with Gasteiger partial charge in [-0.2, -0.15) is 0 Å². The van der Waals surface area contributed by atoms with Crippen LogP contribution in [0.5, 0.6) is 0 Å². The summed E-state index contributed by atoms with van der Waals surface area (Å²) >= 11 is 0. The van der Waals surface area contributed by atoms with E-state index < -0.39 is 0 Å². The van der Waals surface area contributed by atoms with E-state index in [1.165, 1.54) is 0 Å². The second kappa shape index (κ2) is 12.9. The van der Waals surface area contributed by atoms with Gasteiger partial charge in [-0.15, -0.1) is 24.0 Å². The third-order valence-electron chi connectivity index (χ3n) is 4.12. The predicted molar refractivity (Wildman–Crippen MR) is 116 cm³/mol. The van der Waals surface area contributed by atoms with E-state index in [0.29, 0.717) is 25.6 Å². The van der Waals surface area contributed by atoms with Gasteiger partial charge in [-0.05, 0) is 31.7 Å². The van der Waals surface area contributed by atoms with Crippen LogP contribution in [0.4, 0.5) is 0 Å². The molecule has 7 heteroatoms. The number of aliphatic imine (C=N–C) groups is 1. The second-order valence-corrected chi connectivity index (χ2v) is 6.38. The molecule has 4 N–H and O–H groups in total. The molecular formula is C19H31IN4O2. The van der Waals surface area contributed by atoms with E-state index in [2.05, 4.69) is 20.9 Å². The highest BCUT2D eigenvalue weighted by Crippen LogP contribution is 2.18. The molecule has 0 bridgehead atoms. The van der Waals surface area contributed by atoms with Crippen LogP contribution >= 0.6 is 24.0 Å². The highest BCUT2D eigenvalue weighted by molar-refractivity contribution is 14.0. The van der Waals surface area contributed by atoms with Gasteiger partial charge in [-0.1, -0.05) is 30.3 Å². The number of carbonyl (C=O) groups is 1. The summed E-state index contributed by atoms with van der Waals surface area (Å²) in [5.41, 5.74) is 1.08. The molecule has 0 aromatic heterocycles. The smallest absolute Gasteiger partial charge is 0.220 e. The first-order valence-corrected chi connectivity index (χ1v) is 9.20. The lowest BCUT2D eigenvalue weighted by Gasteiger charge is -2.15. The maximum absolute atomic E-state index is 11.7. The molecule has 1 aromatic rings. The number of aliphatic hydroxyl groups is 1. The Morgan fingerprint density at radius 2 is 2.00 bits per heavy atom. The third-order valence-corrected chi connectivity index (χ3v) is 4.12. The van der Waals surface area contributed by atoms with Gasteiger partial charge in [0.2, 0.25) is 5.91 Å². The summed E-state index contributed by atoms with van der Waals surface area (Å²) in [4.78, 5) is 16.2. The molecule has 0 heterocycles. The van der Waals surface area contributed by atoms with E-state index in [9.17, 15) is 9.90 Å². The zero-order chi connectivity index (χ0) is 17.9. The minimum Gasteiger partial charge on any atom is -0.396 e. The lowest BCUT2D eigenvalue weighted by molar-refractivity contribution is -0.121. The topological polar surface area (TPSA) is 85.8 Å². The van der Waals surface area contributed by atoms with E-state index in [4.69, 9.17) is 0 Å². The van der Waals surface area contributed by atoms with Crippen LogP contribution in [0.25, 0.3) is 0 Å². The van der Waals surface area contributed by atoms with Crippen molar-refractivity contribution >= 4 is 35.8 Å². The van der Waals surface area contributed by atoms with Gasteiger partial charge in [-0.3, -0.25) is 9.79 Å². The Balaban J connectivity index is 0.00000338. The van der Waals surface area contributed by atoms with Gasteiger partial charge in [0.15, 0.2) is 5.96 Å². The van der Waals surface area contributed by atoms with Gasteiger partial charge in [0.1, 0.15) is 0 Å². The molecule has 1 fully saturated rings. The van der Waals surface area contributed by atoms with Crippen LogP contribution in [0.15, 0.2) is 35.3 Å². The summed E-state index contributed by atoms with van der Waals surface area (Å²) in [6.45, 7) is 4.05. The number of nitrogens with zero attached hydrogens (tertiary/aromatic N) is 1. The van der Waals surface area contributed by atoms with E-state index in [1.54, 1.807) is 0 Å². The molecule has 1 aromatic carbocycles. The second-order valence-electron chi connectivity index (χ2n) is 6.38. The van der Waals surface area contributed by atoms with Crippen molar-refractivity contribution < 1.29 is 9.90 Å². The number of carbonyl (C=O) groups excluding carboxylic acids is 1. The monoisotopic (exact) mass is 474 g/mol. The minimum absolute atomic E-state index is 0. The molecule has 1 amide bonds. The van der Waals surface area contributed by atoms with Crippen LogP contribution < -0.4 is 16.0 Å². The van der Waals surface area contributed by atoms with Gasteiger partial charge in [0.25, 0.3) is 0 Å². The summed E-state index contributed by atoms with van der Waals surface area (Å²) in [7, 11) is 0. The summed E-state index contributed by atoms with van der Waals surface area (Å²) in [6, 6.07) is 10.3. The molecule has 0 saturated heterocycles. The van der Waals surface area contributed by atoms with Gasteiger partial charge in [0.05, 0.1) is 13.2 Å². The maximum Gasteiger partial charge on any atom is 0.220 e. The van der Waals surface area contributed by atoms with Crippen molar-refractivity contribution in [1.82, 2.24) is 16.0 Å². The Hall–Kier alpha value is -1.35. The molecule has 0 spiro atoms. The zero-order valence-corrected chi connectivity index (χ0v) is 17.7. The lowest BCUT2D eigenvalue weighted by atomic mass is 10.0. The van der Waals surface area contributed by atoms with Crippen LogP contribution in [-0.2, 0) is 4.79 Å². The van der Waals surface area contributed by atoms with Crippen molar-refractivity contribution in [3.63, 3.8) is 0 Å². The van der Waals surface area contributed by atoms with Crippen LogP contribution in [0.3, 0.4) is 0 Å². The molecule has 146 valence electrons. The molecule has 0 aliphatic heterocycles. The summed E-state index contributed by atoms with van der Waals surface area (Å²) in [5.74, 6) is 0.844. The van der Waals surface area contributed by atoms with Crippen LogP contribution in [0.2, 0.25) is 0 Å². The van der Waals surface area contributed by atoms with Gasteiger partial charge >= 0.3 is 0 Å². The Kier molecular flexibility index (Phi) is 11.3. The van der Waals surface area contributed by atoms with Crippen molar-refractivity contribution in [2.45, 2.75) is 44.6 Å². The van der Waals surface area contributed by atoms with Crippen molar-refractivity contribution in [2.75, 3.05) is 26.2 Å². The number of hydrogen-bond acceptors (Lipinski definition) is 3. The number of benzene rings is 1. The normalized spacial score (nSPS) is 14.9. The average molecular weight is 474 g/mol. The maximum atomic E-state index is 11.7. The number of nitrogens with one attached hydrogen (secondary N) is 3. The highest BCUT2D eigenvalue weighted by atomic mass is 127. The standard InChI is InChI=1S/C19H30N4O2.HI/c1-2-20-19(21-12-6-9-18(25)23-17-10-11-17)22-13-16(14-24)15-7-4-3-5-8-15;/h3-5,7-8,16-17,24H,2,6,9-14H2,1H3,(H,23,25)(H2,20,21,22);1H. The number of guanidine groups is 1. The Morgan fingerprint density at radius 1 is 1.27 bits per heavy atom. The molecule has 0 radical (unpaired) electrons. The first-order valence-electron chi connectivity index (χ1n) is 9.20. The number of amides is 1. The fraction of sp³-hybridized carbons (Fsp3) is 0.579. The van der Waals surface area contributed by atoms with Crippen molar-refractivity contribution in [1.29, 1.82) is 0 Å². The first-order chi connectivity index (χ1) is 12.2. The van der Waals surface area contributed by atoms with Crippen molar-refractivity contribution in [2.24, 2.45) is 4.99 Å². The SMILES string of the molecule is CCNC(=NCC(CO)c1ccccc1)NCCCC(=O)NC1CC1.I. The summed E-state index contributed by atoms with van der Waals surface area (Å²) < 4.78 is 0. The quantitative estimate of drug-likeness (QED) is 0.181. The zero-order valence-electron chi connectivity index (χ0n) is 15.4. The molecular weight excluding hydrogens is 443 g/mol. The van der Waals surface area contributed by atoms with E-state index in [0.717, 1.165) is 37.3 Å². The van der Waals surface area contributed by atoms with E-state index in [-0.39, 0.29) is 42.4 Å². The number of halogens is 1. The third kappa shape index (κ3) is 8.84. The molecule has 6 nitrogen and oxygen atoms in total. The molecule has 2 rings (SSSR count). The average Bonchev–Trinajstić information content (AvgIpc) is 3.44. The van der Waals surface area contributed by atoms with Crippen LogP contribution in [0.1, 0.15) is 44.1 Å². The highest BCUT2D eigenvalue weighted by Gasteiger charge is 2.22. The van der Waals surface area contributed by atoms with Gasteiger partial charge in [0, 0.05) is 31.5 Å². The van der Waals surface area contributed by atoms with Crippen molar-refractivity contribution in [3.05, 3.63) is 35.9 Å². The predicted octanol–water partition coefficient (Wildman–Crippen LogP) is 1.99. The molecule has 1 aliphatic carbocycles. The number of rotatable bonds is 10. The Bertz CT molecular complexity index is 550. The summed E-state index contributed by atoms with van der Waals surface area (Å²) in [6.07, 6.45) is 3.54. The molecule has 1 atom stereocenters. The minimum atomic E-state index is -0.0130. The molecule has 1 aliphatic rings. The molecule has 26 heavy (non-hydrogen) atoms. The molecule has 1 saturated carbocycles. The Morgan fingerprint density at radius 3 is 2.62 bits per heavy atom. The fourth-order valence-corrected chi connectivity index (χ4v) is 2.52. The van der Waals surface area contributed by atoms with E-state index >= 15 is 0 Å². The van der Waals surface area contributed by atoms with Gasteiger partial charge in [-0.25, -0.2) is 0 Å². The van der Waals surface area contributed by atoms with Gasteiger partial charge < -0.3 is 21.1 Å². The number of aliphatic hydroxyl groups excluding tert-OH is 1.